The fourth-order valence-corrected chi connectivity index (χ4v) is 4.64. The highest BCUT2D eigenvalue weighted by Gasteiger charge is 2.37. The van der Waals surface area contributed by atoms with E-state index >= 15 is 0 Å². The number of ether oxygens (including phenoxy) is 1. The molecule has 0 unspecified atom stereocenters. The molecule has 2 aliphatic heterocycles. The Labute approximate surface area is 200 Å². The van der Waals surface area contributed by atoms with Crippen molar-refractivity contribution in [3.05, 3.63) is 53.6 Å². The molecule has 1 fully saturated rings. The van der Waals surface area contributed by atoms with Gasteiger partial charge in [0.15, 0.2) is 0 Å². The first kappa shape index (κ1) is 23.8. The predicted octanol–water partition coefficient (Wildman–Crippen LogP) is 3.10. The third-order valence-corrected chi connectivity index (χ3v) is 6.27. The molecule has 1 N–H and O–H groups in total. The van der Waals surface area contributed by atoms with E-state index in [9.17, 15) is 14.4 Å². The van der Waals surface area contributed by atoms with E-state index in [0.717, 1.165) is 11.3 Å². The fourth-order valence-electron chi connectivity index (χ4n) is 4.64. The molecule has 1 aromatic heterocycles. The second kappa shape index (κ2) is 9.48. The zero-order chi connectivity index (χ0) is 24.5. The van der Waals surface area contributed by atoms with Crippen LogP contribution in [0.1, 0.15) is 50.7 Å². The largest absolute Gasteiger partial charge is 0.444 e. The monoisotopic (exact) mass is 467 g/mol. The zero-order valence-electron chi connectivity index (χ0n) is 20.3. The SMILES string of the molecule is Cc1ncc2n1C(=O)N(C1CCN(C(=O)[C@@H](Cc3ccccc3)NC(=O)OC(C)(C)C)CC1)C2. The number of alkyl carbamates (subject to hydrolysis) is 1. The van der Waals surface area contributed by atoms with Crippen LogP contribution in [0.2, 0.25) is 0 Å². The summed E-state index contributed by atoms with van der Waals surface area (Å²) in [6.07, 6.45) is 2.91. The van der Waals surface area contributed by atoms with Crippen LogP contribution < -0.4 is 5.32 Å². The van der Waals surface area contributed by atoms with E-state index in [-0.39, 0.29) is 18.0 Å². The van der Waals surface area contributed by atoms with Crippen LogP contribution in [0.15, 0.2) is 36.5 Å². The summed E-state index contributed by atoms with van der Waals surface area (Å²) < 4.78 is 7.06. The van der Waals surface area contributed by atoms with Crippen molar-refractivity contribution in [2.45, 2.75) is 71.2 Å². The first-order valence-corrected chi connectivity index (χ1v) is 11.8. The average Bonchev–Trinajstić information content (AvgIpc) is 3.32. The number of fused-ring (bicyclic) bond motifs is 1. The predicted molar refractivity (Wildman–Crippen MR) is 126 cm³/mol. The van der Waals surface area contributed by atoms with Crippen molar-refractivity contribution < 1.29 is 19.1 Å². The van der Waals surface area contributed by atoms with Gasteiger partial charge in [0.2, 0.25) is 5.91 Å². The summed E-state index contributed by atoms with van der Waals surface area (Å²) in [5.74, 6) is 0.569. The van der Waals surface area contributed by atoms with Crippen LogP contribution in [-0.2, 0) is 22.5 Å². The molecule has 9 nitrogen and oxygen atoms in total. The molecule has 1 atom stereocenters. The lowest BCUT2D eigenvalue weighted by atomic mass is 10.0. The second-order valence-electron chi connectivity index (χ2n) is 9.99. The fraction of sp³-hybridized carbons (Fsp3) is 0.520. The number of hydrogen-bond donors (Lipinski definition) is 1. The lowest BCUT2D eigenvalue weighted by Gasteiger charge is -2.37. The number of piperidine rings is 1. The van der Waals surface area contributed by atoms with Gasteiger partial charge in [-0.05, 0) is 46.1 Å². The Morgan fingerprint density at radius 1 is 1.18 bits per heavy atom. The molecule has 3 amide bonds. The number of carbonyl (C=O) groups is 3. The Kier molecular flexibility index (Phi) is 6.63. The number of rotatable bonds is 5. The van der Waals surface area contributed by atoms with Gasteiger partial charge in [-0.25, -0.2) is 14.6 Å². The Hall–Kier alpha value is -3.36. The maximum atomic E-state index is 13.4. The van der Waals surface area contributed by atoms with Crippen molar-refractivity contribution >= 4 is 18.0 Å². The molecule has 34 heavy (non-hydrogen) atoms. The van der Waals surface area contributed by atoms with Gasteiger partial charge in [0.05, 0.1) is 18.4 Å². The van der Waals surface area contributed by atoms with E-state index in [1.54, 1.807) is 36.4 Å². The van der Waals surface area contributed by atoms with Gasteiger partial charge in [-0.15, -0.1) is 0 Å². The van der Waals surface area contributed by atoms with Gasteiger partial charge in [0, 0.05) is 25.6 Å². The number of nitrogens with one attached hydrogen (secondary N) is 1. The number of likely N-dealkylation sites (tertiary alicyclic amines) is 1. The number of carbonyl (C=O) groups excluding carboxylic acids is 3. The van der Waals surface area contributed by atoms with E-state index in [0.29, 0.717) is 44.7 Å². The lowest BCUT2D eigenvalue weighted by Crippen LogP contribution is -2.54. The van der Waals surface area contributed by atoms with Crippen LogP contribution in [-0.4, -0.2) is 68.2 Å². The molecule has 1 aromatic carbocycles. The quantitative estimate of drug-likeness (QED) is 0.729. The van der Waals surface area contributed by atoms with Crippen molar-refractivity contribution in [1.29, 1.82) is 0 Å². The van der Waals surface area contributed by atoms with E-state index in [2.05, 4.69) is 10.3 Å². The Bertz CT molecular complexity index is 1050. The molecule has 4 rings (SSSR count). The van der Waals surface area contributed by atoms with Gasteiger partial charge < -0.3 is 19.9 Å². The van der Waals surface area contributed by atoms with Gasteiger partial charge in [-0.2, -0.15) is 0 Å². The molecule has 9 heteroatoms. The molecule has 0 aliphatic carbocycles. The summed E-state index contributed by atoms with van der Waals surface area (Å²) in [5.41, 5.74) is 1.21. The number of imidazole rings is 1. The summed E-state index contributed by atoms with van der Waals surface area (Å²) in [5, 5.41) is 2.78. The number of aryl methyl sites for hydroxylation is 1. The standard InChI is InChI=1S/C25H33N5O4/c1-17-26-15-20-16-29(24(33)30(17)20)19-10-12-28(13-11-19)22(31)21(14-18-8-6-5-7-9-18)27-23(32)34-25(2,3)4/h5-9,15,19,21H,10-14,16H2,1-4H3,(H,27,32)/t21-/m1/s1. The Morgan fingerprint density at radius 3 is 2.47 bits per heavy atom. The molecule has 2 aliphatic rings. The van der Waals surface area contributed by atoms with Crippen molar-refractivity contribution in [3.63, 3.8) is 0 Å². The molecule has 0 spiro atoms. The number of aromatic nitrogens is 2. The van der Waals surface area contributed by atoms with Gasteiger partial charge >= 0.3 is 12.1 Å². The first-order chi connectivity index (χ1) is 16.1. The molecule has 0 radical (unpaired) electrons. The number of hydrogen-bond acceptors (Lipinski definition) is 5. The van der Waals surface area contributed by atoms with Crippen molar-refractivity contribution in [1.82, 2.24) is 24.7 Å². The smallest absolute Gasteiger partial charge is 0.408 e. The lowest BCUT2D eigenvalue weighted by molar-refractivity contribution is -0.134. The van der Waals surface area contributed by atoms with Gasteiger partial charge in [0.25, 0.3) is 0 Å². The number of nitrogens with zero attached hydrogens (tertiary/aromatic N) is 4. The van der Waals surface area contributed by atoms with E-state index in [1.165, 1.54) is 0 Å². The van der Waals surface area contributed by atoms with Crippen LogP contribution in [0.5, 0.6) is 0 Å². The molecule has 0 saturated carbocycles. The number of benzene rings is 1. The molecular weight excluding hydrogens is 434 g/mol. The summed E-state index contributed by atoms with van der Waals surface area (Å²) in [6, 6.07) is 8.93. The third-order valence-electron chi connectivity index (χ3n) is 6.27. The molecule has 3 heterocycles. The van der Waals surface area contributed by atoms with Crippen LogP contribution in [0.25, 0.3) is 0 Å². The maximum Gasteiger partial charge on any atom is 0.408 e. The molecule has 2 aromatic rings. The molecule has 0 bridgehead atoms. The van der Waals surface area contributed by atoms with Crippen molar-refractivity contribution in [3.8, 4) is 0 Å². The van der Waals surface area contributed by atoms with E-state index in [1.807, 2.05) is 42.2 Å². The molecule has 1 saturated heterocycles. The highest BCUT2D eigenvalue weighted by Crippen LogP contribution is 2.26. The Morgan fingerprint density at radius 2 is 1.85 bits per heavy atom. The number of amides is 3. The van der Waals surface area contributed by atoms with Gasteiger partial charge in [-0.3, -0.25) is 9.36 Å². The highest BCUT2D eigenvalue weighted by molar-refractivity contribution is 5.86. The maximum absolute atomic E-state index is 13.4. The van der Waals surface area contributed by atoms with E-state index < -0.39 is 17.7 Å². The molecular formula is C25H33N5O4. The molecule has 182 valence electrons. The average molecular weight is 468 g/mol. The summed E-state index contributed by atoms with van der Waals surface area (Å²) in [7, 11) is 0. The minimum atomic E-state index is -0.725. The van der Waals surface area contributed by atoms with Crippen LogP contribution in [0.4, 0.5) is 9.59 Å². The minimum Gasteiger partial charge on any atom is -0.444 e. The minimum absolute atomic E-state index is 0.0386. The zero-order valence-corrected chi connectivity index (χ0v) is 20.3. The topological polar surface area (TPSA) is 96.8 Å². The second-order valence-corrected chi connectivity index (χ2v) is 9.99. The van der Waals surface area contributed by atoms with E-state index in [4.69, 9.17) is 4.74 Å². The summed E-state index contributed by atoms with van der Waals surface area (Å²) >= 11 is 0. The van der Waals surface area contributed by atoms with Crippen LogP contribution in [0, 0.1) is 6.92 Å². The summed E-state index contributed by atoms with van der Waals surface area (Å²) in [4.78, 5) is 46.6. The Balaban J connectivity index is 1.40. The van der Waals surface area contributed by atoms with Crippen LogP contribution in [0.3, 0.4) is 0 Å². The van der Waals surface area contributed by atoms with Crippen molar-refractivity contribution in [2.75, 3.05) is 13.1 Å². The van der Waals surface area contributed by atoms with Crippen molar-refractivity contribution in [2.24, 2.45) is 0 Å². The van der Waals surface area contributed by atoms with Gasteiger partial charge in [-0.1, -0.05) is 30.3 Å². The highest BCUT2D eigenvalue weighted by atomic mass is 16.6. The van der Waals surface area contributed by atoms with Gasteiger partial charge in [0.1, 0.15) is 17.5 Å². The normalized spacial score (nSPS) is 17.5. The summed E-state index contributed by atoms with van der Waals surface area (Å²) in [6.45, 7) is 8.81. The third kappa shape index (κ3) is 5.24. The van der Waals surface area contributed by atoms with Crippen LogP contribution >= 0.6 is 0 Å². The first-order valence-electron chi connectivity index (χ1n) is 11.8.